The van der Waals surface area contributed by atoms with Gasteiger partial charge in [0.25, 0.3) is 17.4 Å². The first kappa shape index (κ1) is 22.1. The van der Waals surface area contributed by atoms with Crippen LogP contribution in [-0.4, -0.2) is 49.5 Å². The molecule has 11 nitrogen and oxygen atoms in total. The maximum Gasteiger partial charge on any atom is 0.295 e. The van der Waals surface area contributed by atoms with Crippen LogP contribution in [0.1, 0.15) is 23.6 Å². The summed E-state index contributed by atoms with van der Waals surface area (Å²) in [7, 11) is 0. The first-order valence-corrected chi connectivity index (χ1v) is 10.8. The van der Waals surface area contributed by atoms with E-state index in [0.29, 0.717) is 30.0 Å². The molecule has 0 radical (unpaired) electrons. The summed E-state index contributed by atoms with van der Waals surface area (Å²) in [6.45, 7) is 0.773. The van der Waals surface area contributed by atoms with E-state index in [9.17, 15) is 24.8 Å². The van der Waals surface area contributed by atoms with Gasteiger partial charge in [0.1, 0.15) is 5.76 Å². The molecule has 2 aliphatic heterocycles. The minimum atomic E-state index is -0.997. The summed E-state index contributed by atoms with van der Waals surface area (Å²) in [5.41, 5.74) is 0.288. The number of Topliss-reactive ketones (excluding diaryl/α,β-unsaturated/α-hetero) is 1. The number of aliphatic hydroxyl groups excluding tert-OH is 1. The number of nitrogens with zero attached hydrogens (tertiary/aromatic N) is 4. The largest absolute Gasteiger partial charge is 0.507 e. The van der Waals surface area contributed by atoms with Crippen LogP contribution in [0.25, 0.3) is 5.76 Å². The summed E-state index contributed by atoms with van der Waals surface area (Å²) in [6.07, 6.45) is 5.57. The first-order chi connectivity index (χ1) is 16.9. The van der Waals surface area contributed by atoms with E-state index in [4.69, 9.17) is 9.47 Å². The number of aromatic nitrogens is 2. The number of hydrogen-bond donors (Lipinski definition) is 1. The van der Waals surface area contributed by atoms with Crippen molar-refractivity contribution in [3.05, 3.63) is 88.0 Å². The molecule has 1 aromatic heterocycles. The molecular formula is C24H20N4O7. The van der Waals surface area contributed by atoms with Gasteiger partial charge in [-0.1, -0.05) is 12.1 Å². The SMILES string of the molecule is O=C1C(=O)N(CCCn2ccnc2)C(c2cccc([N+](=O)[O-])c2)/C1=C(\O)c1ccc2c(c1)OCO2. The molecule has 0 saturated carbocycles. The lowest BCUT2D eigenvalue weighted by atomic mass is 9.95. The number of benzene rings is 2. The van der Waals surface area contributed by atoms with Gasteiger partial charge in [-0.3, -0.25) is 19.7 Å². The van der Waals surface area contributed by atoms with Crippen LogP contribution in [0.5, 0.6) is 11.5 Å². The molecule has 0 aliphatic carbocycles. The van der Waals surface area contributed by atoms with Crippen LogP contribution < -0.4 is 9.47 Å². The molecule has 1 unspecified atom stereocenters. The second kappa shape index (κ2) is 8.93. The number of aliphatic hydroxyl groups is 1. The normalized spacial score (nSPS) is 18.3. The molecule has 2 aliphatic rings. The van der Waals surface area contributed by atoms with Crippen LogP contribution in [-0.2, 0) is 16.1 Å². The Hall–Kier alpha value is -4.67. The van der Waals surface area contributed by atoms with Gasteiger partial charge < -0.3 is 24.0 Å². The topological polar surface area (TPSA) is 137 Å². The Morgan fingerprint density at radius 3 is 2.74 bits per heavy atom. The monoisotopic (exact) mass is 476 g/mol. The molecule has 1 fully saturated rings. The third kappa shape index (κ3) is 4.07. The minimum Gasteiger partial charge on any atom is -0.507 e. The highest BCUT2D eigenvalue weighted by Gasteiger charge is 2.46. The average Bonchev–Trinajstić information content (AvgIpc) is 3.60. The zero-order valence-electron chi connectivity index (χ0n) is 18.4. The number of likely N-dealkylation sites (tertiary alicyclic amines) is 1. The fourth-order valence-electron chi connectivity index (χ4n) is 4.31. The van der Waals surface area contributed by atoms with Crippen LogP contribution >= 0.6 is 0 Å². The smallest absolute Gasteiger partial charge is 0.295 e. The number of carbonyl (C=O) groups excluding carboxylic acids is 2. The van der Waals surface area contributed by atoms with Crippen molar-refractivity contribution in [2.75, 3.05) is 13.3 Å². The molecule has 2 aromatic carbocycles. The number of rotatable bonds is 7. The molecule has 0 spiro atoms. The third-order valence-electron chi connectivity index (χ3n) is 5.96. The Morgan fingerprint density at radius 2 is 1.97 bits per heavy atom. The van der Waals surface area contributed by atoms with Crippen molar-refractivity contribution in [3.8, 4) is 11.5 Å². The van der Waals surface area contributed by atoms with Gasteiger partial charge in [-0.05, 0) is 30.2 Å². The van der Waals surface area contributed by atoms with E-state index < -0.39 is 28.4 Å². The molecule has 3 heterocycles. The quantitative estimate of drug-likeness (QED) is 0.181. The molecule has 3 aromatic rings. The molecule has 1 saturated heterocycles. The number of ether oxygens (including phenoxy) is 2. The summed E-state index contributed by atoms with van der Waals surface area (Å²) in [5, 5.41) is 22.6. The Kier molecular flexibility index (Phi) is 5.65. The third-order valence-corrected chi connectivity index (χ3v) is 5.96. The maximum absolute atomic E-state index is 13.1. The molecule has 1 atom stereocenters. The van der Waals surface area contributed by atoms with Crippen molar-refractivity contribution in [2.45, 2.75) is 19.0 Å². The zero-order valence-corrected chi connectivity index (χ0v) is 18.4. The molecule has 11 heteroatoms. The number of fused-ring (bicyclic) bond motifs is 1. The summed E-state index contributed by atoms with van der Waals surface area (Å²) in [5.74, 6) is -1.14. The van der Waals surface area contributed by atoms with Crippen molar-refractivity contribution in [2.24, 2.45) is 0 Å². The average molecular weight is 476 g/mol. The predicted octanol–water partition coefficient (Wildman–Crippen LogP) is 3.03. The van der Waals surface area contributed by atoms with Gasteiger partial charge in [0, 0.05) is 43.2 Å². The highest BCUT2D eigenvalue weighted by molar-refractivity contribution is 6.46. The number of aryl methyl sites for hydroxylation is 1. The van der Waals surface area contributed by atoms with E-state index in [0.717, 1.165) is 0 Å². The number of non-ortho nitro benzene ring substituents is 1. The van der Waals surface area contributed by atoms with E-state index in [-0.39, 0.29) is 30.2 Å². The van der Waals surface area contributed by atoms with Gasteiger partial charge in [0.2, 0.25) is 6.79 Å². The molecule has 35 heavy (non-hydrogen) atoms. The van der Waals surface area contributed by atoms with Crippen molar-refractivity contribution >= 4 is 23.1 Å². The maximum atomic E-state index is 13.1. The molecular weight excluding hydrogens is 456 g/mol. The lowest BCUT2D eigenvalue weighted by Gasteiger charge is -2.25. The Labute approximate surface area is 199 Å². The Balaban J connectivity index is 1.56. The van der Waals surface area contributed by atoms with Crippen molar-refractivity contribution in [1.82, 2.24) is 14.5 Å². The number of ketones is 1. The van der Waals surface area contributed by atoms with Crippen molar-refractivity contribution in [1.29, 1.82) is 0 Å². The van der Waals surface area contributed by atoms with Crippen LogP contribution in [0.4, 0.5) is 5.69 Å². The summed E-state index contributed by atoms with van der Waals surface area (Å²) < 4.78 is 12.5. The number of hydrogen-bond acceptors (Lipinski definition) is 8. The Morgan fingerprint density at radius 1 is 1.14 bits per heavy atom. The second-order valence-corrected chi connectivity index (χ2v) is 8.07. The number of carbonyl (C=O) groups is 2. The minimum absolute atomic E-state index is 0.0362. The van der Waals surface area contributed by atoms with E-state index in [1.807, 2.05) is 4.57 Å². The van der Waals surface area contributed by atoms with Gasteiger partial charge in [0.05, 0.1) is 22.9 Å². The van der Waals surface area contributed by atoms with E-state index in [1.165, 1.54) is 29.2 Å². The number of amides is 1. The van der Waals surface area contributed by atoms with Crippen molar-refractivity contribution < 1.29 is 29.1 Å². The molecule has 5 rings (SSSR count). The molecule has 178 valence electrons. The number of imidazole rings is 1. The summed E-state index contributed by atoms with van der Waals surface area (Å²) >= 11 is 0. The van der Waals surface area contributed by atoms with Crippen molar-refractivity contribution in [3.63, 3.8) is 0 Å². The van der Waals surface area contributed by atoms with Gasteiger partial charge >= 0.3 is 0 Å². The standard InChI is InChI=1S/C24H20N4O7/c29-22(16-5-6-18-19(12-16)35-14-34-18)20-21(15-3-1-4-17(11-15)28(32)33)27(24(31)23(20)30)9-2-8-26-10-7-25-13-26/h1,3-7,10-13,21,29H,2,8-9,14H2/b22-20+. The van der Waals surface area contributed by atoms with Gasteiger partial charge in [0.15, 0.2) is 11.5 Å². The first-order valence-electron chi connectivity index (χ1n) is 10.8. The fourth-order valence-corrected chi connectivity index (χ4v) is 4.31. The fraction of sp³-hybridized carbons (Fsp3) is 0.208. The van der Waals surface area contributed by atoms with Crippen LogP contribution in [0.2, 0.25) is 0 Å². The lowest BCUT2D eigenvalue weighted by molar-refractivity contribution is -0.384. The van der Waals surface area contributed by atoms with Crippen LogP contribution in [0, 0.1) is 10.1 Å². The molecule has 1 N–H and O–H groups in total. The molecule has 0 bridgehead atoms. The summed E-state index contributed by atoms with van der Waals surface area (Å²) in [4.78, 5) is 42.4. The van der Waals surface area contributed by atoms with E-state index in [2.05, 4.69) is 4.98 Å². The van der Waals surface area contributed by atoms with E-state index in [1.54, 1.807) is 36.9 Å². The van der Waals surface area contributed by atoms with Crippen LogP contribution in [0.15, 0.2) is 66.8 Å². The number of nitro benzene ring substituents is 1. The lowest BCUT2D eigenvalue weighted by Crippen LogP contribution is -2.31. The Bertz CT molecular complexity index is 1350. The molecule has 1 amide bonds. The van der Waals surface area contributed by atoms with Gasteiger partial charge in [-0.15, -0.1) is 0 Å². The highest BCUT2D eigenvalue weighted by atomic mass is 16.7. The van der Waals surface area contributed by atoms with Gasteiger partial charge in [-0.2, -0.15) is 0 Å². The van der Waals surface area contributed by atoms with Gasteiger partial charge in [-0.25, -0.2) is 4.98 Å². The predicted molar refractivity (Wildman–Crippen MR) is 122 cm³/mol. The van der Waals surface area contributed by atoms with Crippen LogP contribution in [0.3, 0.4) is 0 Å². The zero-order chi connectivity index (χ0) is 24.5. The number of nitro groups is 1. The summed E-state index contributed by atoms with van der Waals surface area (Å²) in [6, 6.07) is 9.40. The van der Waals surface area contributed by atoms with E-state index >= 15 is 0 Å². The second-order valence-electron chi connectivity index (χ2n) is 8.07. The highest BCUT2D eigenvalue weighted by Crippen LogP contribution is 2.42.